The van der Waals surface area contributed by atoms with Crippen molar-refractivity contribution in [3.63, 3.8) is 0 Å². The Labute approximate surface area is 172 Å². The summed E-state index contributed by atoms with van der Waals surface area (Å²) in [5.41, 5.74) is 2.19. The Hall–Kier alpha value is -3.22. The number of nitrogens with one attached hydrogen (secondary N) is 2. The number of ether oxygens (including phenoxy) is 1. The molecule has 12 heteroatoms. The van der Waals surface area contributed by atoms with Crippen LogP contribution in [0.1, 0.15) is 5.82 Å². The summed E-state index contributed by atoms with van der Waals surface area (Å²) in [6, 6.07) is 7.54. The Balaban J connectivity index is 1.46. The van der Waals surface area contributed by atoms with Crippen LogP contribution in [0.3, 0.4) is 0 Å². The molecule has 0 saturated heterocycles. The van der Waals surface area contributed by atoms with Crippen LogP contribution >= 0.6 is 23.1 Å². The maximum absolute atomic E-state index is 5.05. The zero-order valence-electron chi connectivity index (χ0n) is 15.0. The Morgan fingerprint density at radius 2 is 2.07 bits per heavy atom. The summed E-state index contributed by atoms with van der Waals surface area (Å²) >= 11 is 2.79. The van der Waals surface area contributed by atoms with Crippen LogP contribution in [0, 0.1) is 0 Å². The van der Waals surface area contributed by atoms with Gasteiger partial charge in [0.05, 0.1) is 5.52 Å². The molecule has 0 fully saturated rings. The number of nitrogens with zero attached hydrogens (tertiary/aromatic N) is 7. The Morgan fingerprint density at radius 1 is 1.10 bits per heavy atom. The number of anilines is 2. The summed E-state index contributed by atoms with van der Waals surface area (Å²) in [6.07, 6.45) is 3.24. The summed E-state index contributed by atoms with van der Waals surface area (Å²) in [6.45, 7) is 0.373. The molecule has 144 valence electrons. The Morgan fingerprint density at radius 3 is 2.97 bits per heavy atom. The van der Waals surface area contributed by atoms with E-state index < -0.39 is 0 Å². The summed E-state index contributed by atoms with van der Waals surface area (Å²) in [7, 11) is 1.61. The van der Waals surface area contributed by atoms with Crippen LogP contribution in [0.25, 0.3) is 21.4 Å². The quantitative estimate of drug-likeness (QED) is 0.420. The summed E-state index contributed by atoms with van der Waals surface area (Å²) in [5, 5.41) is 12.2. The molecular formula is C17H13N9OS2. The van der Waals surface area contributed by atoms with E-state index in [0.29, 0.717) is 34.1 Å². The Bertz CT molecular complexity index is 1270. The number of aromatic amines is 1. The predicted octanol–water partition coefficient (Wildman–Crippen LogP) is 3.19. The molecule has 0 unspecified atom stereocenters. The fourth-order valence-corrected chi connectivity index (χ4v) is 4.13. The highest BCUT2D eigenvalue weighted by Crippen LogP contribution is 2.30. The first kappa shape index (κ1) is 17.8. The summed E-state index contributed by atoms with van der Waals surface area (Å²) in [5.74, 6) is 1.23. The van der Waals surface area contributed by atoms with E-state index in [4.69, 9.17) is 4.74 Å². The average molecular weight is 423 g/mol. The third-order valence-electron chi connectivity index (χ3n) is 3.84. The van der Waals surface area contributed by atoms with Gasteiger partial charge in [-0.15, -0.1) is 5.10 Å². The summed E-state index contributed by atoms with van der Waals surface area (Å²) in [4.78, 5) is 27.4. The van der Waals surface area contributed by atoms with Crippen molar-refractivity contribution in [2.75, 3.05) is 12.4 Å². The minimum absolute atomic E-state index is 0.373. The molecule has 0 aromatic carbocycles. The van der Waals surface area contributed by atoms with E-state index in [2.05, 4.69) is 45.4 Å². The number of rotatable bonds is 6. The molecule has 0 saturated carbocycles. The molecule has 0 bridgehead atoms. The van der Waals surface area contributed by atoms with Crippen molar-refractivity contribution in [1.29, 1.82) is 0 Å². The lowest BCUT2D eigenvalue weighted by atomic mass is 10.3. The molecule has 0 spiro atoms. The van der Waals surface area contributed by atoms with E-state index in [1.807, 2.05) is 24.3 Å². The van der Waals surface area contributed by atoms with Crippen molar-refractivity contribution in [1.82, 2.24) is 40.1 Å². The second kappa shape index (κ2) is 7.66. The third kappa shape index (κ3) is 3.72. The molecular weight excluding hydrogens is 410 g/mol. The summed E-state index contributed by atoms with van der Waals surface area (Å²) < 4.78 is 5.05. The minimum Gasteiger partial charge on any atom is -0.377 e. The number of fused-ring (bicyclic) bond motifs is 2. The van der Waals surface area contributed by atoms with E-state index in [-0.39, 0.29) is 0 Å². The van der Waals surface area contributed by atoms with Gasteiger partial charge in [-0.2, -0.15) is 0 Å². The van der Waals surface area contributed by atoms with Gasteiger partial charge in [-0.25, -0.2) is 29.9 Å². The van der Waals surface area contributed by atoms with Crippen LogP contribution in [0.4, 0.5) is 10.9 Å². The maximum Gasteiger partial charge on any atom is 0.214 e. The van der Waals surface area contributed by atoms with E-state index in [1.165, 1.54) is 29.4 Å². The topological polar surface area (TPSA) is 127 Å². The van der Waals surface area contributed by atoms with E-state index in [9.17, 15) is 0 Å². The highest BCUT2D eigenvalue weighted by atomic mass is 32.2. The Kier molecular flexibility index (Phi) is 4.71. The molecule has 0 aliphatic rings. The molecule has 0 amide bonds. The number of methoxy groups -OCH3 is 1. The lowest BCUT2D eigenvalue weighted by Crippen LogP contribution is -1.97. The van der Waals surface area contributed by atoms with Crippen LogP contribution in [-0.4, -0.2) is 47.2 Å². The van der Waals surface area contributed by atoms with Crippen molar-refractivity contribution in [2.24, 2.45) is 0 Å². The number of H-pyrrole nitrogens is 1. The monoisotopic (exact) mass is 423 g/mol. The van der Waals surface area contributed by atoms with Gasteiger partial charge in [0.1, 0.15) is 33.8 Å². The lowest BCUT2D eigenvalue weighted by molar-refractivity contribution is 0.178. The number of thiazole rings is 1. The van der Waals surface area contributed by atoms with Gasteiger partial charge in [-0.1, -0.05) is 11.3 Å². The minimum atomic E-state index is 0.373. The van der Waals surface area contributed by atoms with Crippen molar-refractivity contribution in [2.45, 2.75) is 16.8 Å². The molecule has 0 aliphatic heterocycles. The highest BCUT2D eigenvalue weighted by molar-refractivity contribution is 7.99. The van der Waals surface area contributed by atoms with Gasteiger partial charge in [-0.05, 0) is 36.0 Å². The van der Waals surface area contributed by atoms with Crippen molar-refractivity contribution in [3.05, 3.63) is 42.6 Å². The van der Waals surface area contributed by atoms with E-state index >= 15 is 0 Å². The fraction of sp³-hybridized carbons (Fsp3) is 0.118. The standard InChI is InChI=1S/C17H13N9OS2/c1-27-7-11-22-17(26-25-11)28-12-5-4-9-13(23-12)14(20-8-19-9)24-16-21-10-3-2-6-18-15(10)29-16/h2-6,8H,7H2,1H3,(H,22,25,26)(H,19,20,21,24). The molecule has 10 nitrogen and oxygen atoms in total. The smallest absolute Gasteiger partial charge is 0.214 e. The van der Waals surface area contributed by atoms with Gasteiger partial charge in [0, 0.05) is 13.3 Å². The van der Waals surface area contributed by atoms with E-state index in [1.54, 1.807) is 13.3 Å². The first-order valence-corrected chi connectivity index (χ1v) is 10.1. The predicted molar refractivity (Wildman–Crippen MR) is 109 cm³/mol. The SMILES string of the molecule is COCc1nc(Sc2ccc3ncnc(Nc4nc5cccnc5s4)c3n2)n[nH]1. The molecule has 5 rings (SSSR count). The average Bonchev–Trinajstić information content (AvgIpc) is 3.35. The third-order valence-corrected chi connectivity index (χ3v) is 5.53. The van der Waals surface area contributed by atoms with Gasteiger partial charge < -0.3 is 10.1 Å². The van der Waals surface area contributed by atoms with Crippen LogP contribution in [0.15, 0.2) is 47.0 Å². The number of hydrogen-bond donors (Lipinski definition) is 2. The molecule has 0 atom stereocenters. The van der Waals surface area contributed by atoms with E-state index in [0.717, 1.165) is 20.9 Å². The molecule has 5 aromatic heterocycles. The highest BCUT2D eigenvalue weighted by Gasteiger charge is 2.12. The molecule has 5 heterocycles. The molecule has 5 aromatic rings. The second-order valence-electron chi connectivity index (χ2n) is 5.81. The van der Waals surface area contributed by atoms with Crippen LogP contribution < -0.4 is 5.32 Å². The molecule has 29 heavy (non-hydrogen) atoms. The molecule has 0 aliphatic carbocycles. The normalized spacial score (nSPS) is 11.3. The zero-order chi connectivity index (χ0) is 19.6. The van der Waals surface area contributed by atoms with Gasteiger partial charge in [0.15, 0.2) is 16.8 Å². The molecule has 0 radical (unpaired) electrons. The first-order valence-electron chi connectivity index (χ1n) is 8.47. The zero-order valence-corrected chi connectivity index (χ0v) is 16.7. The second-order valence-corrected chi connectivity index (χ2v) is 7.78. The van der Waals surface area contributed by atoms with Gasteiger partial charge in [0.25, 0.3) is 0 Å². The molecule has 2 N–H and O–H groups in total. The fourth-order valence-electron chi connectivity index (χ4n) is 2.61. The number of hydrogen-bond acceptors (Lipinski definition) is 11. The number of pyridine rings is 2. The maximum atomic E-state index is 5.05. The first-order chi connectivity index (χ1) is 14.3. The van der Waals surface area contributed by atoms with Gasteiger partial charge in [0.2, 0.25) is 5.16 Å². The van der Waals surface area contributed by atoms with Crippen molar-refractivity contribution < 1.29 is 4.74 Å². The van der Waals surface area contributed by atoms with Gasteiger partial charge in [-0.3, -0.25) is 5.10 Å². The lowest BCUT2D eigenvalue weighted by Gasteiger charge is -2.06. The van der Waals surface area contributed by atoms with Crippen molar-refractivity contribution >= 4 is 55.4 Å². The van der Waals surface area contributed by atoms with Crippen LogP contribution in [0.2, 0.25) is 0 Å². The van der Waals surface area contributed by atoms with Crippen LogP contribution in [-0.2, 0) is 11.3 Å². The van der Waals surface area contributed by atoms with Gasteiger partial charge >= 0.3 is 0 Å². The number of aromatic nitrogens is 8. The van der Waals surface area contributed by atoms with Crippen molar-refractivity contribution in [3.8, 4) is 0 Å². The van der Waals surface area contributed by atoms with Crippen LogP contribution in [0.5, 0.6) is 0 Å². The largest absolute Gasteiger partial charge is 0.377 e.